The van der Waals surface area contributed by atoms with Crippen LogP contribution in [0, 0.1) is 5.92 Å². The molecule has 0 spiro atoms. The number of hydrogen-bond donors (Lipinski definition) is 1. The van der Waals surface area contributed by atoms with Crippen molar-refractivity contribution in [2.75, 3.05) is 13.7 Å². The first-order valence-electron chi connectivity index (χ1n) is 4.50. The van der Waals surface area contributed by atoms with Crippen molar-refractivity contribution in [1.82, 2.24) is 0 Å². The van der Waals surface area contributed by atoms with Crippen LogP contribution in [0.1, 0.15) is 32.1 Å². The molecule has 0 radical (unpaired) electrons. The third-order valence-corrected chi connectivity index (χ3v) is 2.47. The van der Waals surface area contributed by atoms with Gasteiger partial charge in [0, 0.05) is 13.7 Å². The molecule has 1 fully saturated rings. The fourth-order valence-corrected chi connectivity index (χ4v) is 1.83. The molecular formula is C9H18O2. The van der Waals surface area contributed by atoms with Gasteiger partial charge in [0.05, 0.1) is 6.10 Å². The topological polar surface area (TPSA) is 29.5 Å². The van der Waals surface area contributed by atoms with E-state index in [1.165, 1.54) is 12.8 Å². The number of ether oxygens (including phenoxy) is 1. The molecule has 0 aromatic heterocycles. The van der Waals surface area contributed by atoms with E-state index in [9.17, 15) is 5.11 Å². The predicted octanol–water partition coefficient (Wildman–Crippen LogP) is 1.57. The zero-order valence-corrected chi connectivity index (χ0v) is 7.25. The summed E-state index contributed by atoms with van der Waals surface area (Å²) in [4.78, 5) is 0. The average Bonchev–Trinajstić information content (AvgIpc) is 2.37. The van der Waals surface area contributed by atoms with E-state index in [-0.39, 0.29) is 6.10 Å². The Labute approximate surface area is 68.6 Å². The Bertz CT molecular complexity index is 104. The smallest absolute Gasteiger partial charge is 0.0543 e. The first kappa shape index (κ1) is 9.01. The van der Waals surface area contributed by atoms with Crippen LogP contribution in [0.5, 0.6) is 0 Å². The van der Waals surface area contributed by atoms with Crippen LogP contribution in [-0.4, -0.2) is 24.9 Å². The van der Waals surface area contributed by atoms with Crippen LogP contribution >= 0.6 is 0 Å². The molecule has 0 aromatic rings. The van der Waals surface area contributed by atoms with Gasteiger partial charge >= 0.3 is 0 Å². The summed E-state index contributed by atoms with van der Waals surface area (Å²) in [5.74, 6) is 0.764. The quantitative estimate of drug-likeness (QED) is 0.629. The molecule has 1 aliphatic rings. The Morgan fingerprint density at radius 3 is 2.82 bits per heavy atom. The molecule has 1 rings (SSSR count). The van der Waals surface area contributed by atoms with Gasteiger partial charge in [-0.2, -0.15) is 0 Å². The van der Waals surface area contributed by atoms with Crippen LogP contribution in [0.15, 0.2) is 0 Å². The van der Waals surface area contributed by atoms with Gasteiger partial charge in [-0.15, -0.1) is 0 Å². The first-order chi connectivity index (χ1) is 5.33. The first-order valence-corrected chi connectivity index (χ1v) is 4.50. The number of aliphatic hydroxyl groups is 1. The molecule has 2 unspecified atom stereocenters. The highest BCUT2D eigenvalue weighted by Crippen LogP contribution is 2.28. The van der Waals surface area contributed by atoms with Crippen molar-refractivity contribution in [2.24, 2.45) is 5.92 Å². The highest BCUT2D eigenvalue weighted by atomic mass is 16.5. The number of hydrogen-bond acceptors (Lipinski definition) is 2. The lowest BCUT2D eigenvalue weighted by atomic mass is 10.0. The molecule has 0 heterocycles. The summed E-state index contributed by atoms with van der Waals surface area (Å²) in [6.45, 7) is 0.868. The van der Waals surface area contributed by atoms with Gasteiger partial charge in [0.25, 0.3) is 0 Å². The lowest BCUT2D eigenvalue weighted by Crippen LogP contribution is -2.01. The lowest BCUT2D eigenvalue weighted by Gasteiger charge is -2.07. The van der Waals surface area contributed by atoms with Gasteiger partial charge in [0.15, 0.2) is 0 Å². The number of methoxy groups -OCH3 is 1. The minimum absolute atomic E-state index is 0.0115. The van der Waals surface area contributed by atoms with Gasteiger partial charge in [0.2, 0.25) is 0 Å². The summed E-state index contributed by atoms with van der Waals surface area (Å²) in [6, 6.07) is 0. The summed E-state index contributed by atoms with van der Waals surface area (Å²) < 4.78 is 4.97. The van der Waals surface area contributed by atoms with E-state index in [0.717, 1.165) is 31.8 Å². The van der Waals surface area contributed by atoms with E-state index in [4.69, 9.17) is 4.74 Å². The second-order valence-electron chi connectivity index (χ2n) is 3.47. The molecule has 11 heavy (non-hydrogen) atoms. The summed E-state index contributed by atoms with van der Waals surface area (Å²) in [5, 5.41) is 9.22. The van der Waals surface area contributed by atoms with Crippen LogP contribution in [0.25, 0.3) is 0 Å². The van der Waals surface area contributed by atoms with E-state index in [1.807, 2.05) is 0 Å². The maximum absolute atomic E-state index is 9.22. The standard InChI is InChI=1S/C9H18O2/c1-11-6-2-3-8-4-5-9(10)7-8/h8-10H,2-7H2,1H3. The summed E-state index contributed by atoms with van der Waals surface area (Å²) in [6.07, 6.45) is 5.60. The molecule has 0 saturated heterocycles. The van der Waals surface area contributed by atoms with Crippen LogP contribution in [0.2, 0.25) is 0 Å². The van der Waals surface area contributed by atoms with Gasteiger partial charge in [-0.05, 0) is 38.0 Å². The van der Waals surface area contributed by atoms with Crippen molar-refractivity contribution in [3.63, 3.8) is 0 Å². The Kier molecular flexibility index (Phi) is 3.87. The van der Waals surface area contributed by atoms with Crippen molar-refractivity contribution >= 4 is 0 Å². The van der Waals surface area contributed by atoms with Gasteiger partial charge in [-0.1, -0.05) is 0 Å². The van der Waals surface area contributed by atoms with Crippen molar-refractivity contribution in [2.45, 2.75) is 38.2 Å². The molecule has 1 aliphatic carbocycles. The zero-order valence-electron chi connectivity index (χ0n) is 7.25. The van der Waals surface area contributed by atoms with Crippen molar-refractivity contribution in [3.05, 3.63) is 0 Å². The average molecular weight is 158 g/mol. The molecule has 66 valence electrons. The van der Waals surface area contributed by atoms with E-state index in [0.29, 0.717) is 0 Å². The molecule has 0 amide bonds. The maximum Gasteiger partial charge on any atom is 0.0543 e. The monoisotopic (exact) mass is 158 g/mol. The maximum atomic E-state index is 9.22. The largest absolute Gasteiger partial charge is 0.393 e. The molecule has 0 bridgehead atoms. The van der Waals surface area contributed by atoms with Gasteiger partial charge in [-0.3, -0.25) is 0 Å². The summed E-state index contributed by atoms with van der Waals surface area (Å²) >= 11 is 0. The third-order valence-electron chi connectivity index (χ3n) is 2.47. The van der Waals surface area contributed by atoms with Crippen LogP contribution < -0.4 is 0 Å². The SMILES string of the molecule is COCCCC1CCC(O)C1. The van der Waals surface area contributed by atoms with Gasteiger partial charge in [-0.25, -0.2) is 0 Å². The predicted molar refractivity (Wildman–Crippen MR) is 44.5 cm³/mol. The molecule has 1 saturated carbocycles. The molecular weight excluding hydrogens is 140 g/mol. The zero-order chi connectivity index (χ0) is 8.10. The second-order valence-corrected chi connectivity index (χ2v) is 3.47. The Morgan fingerprint density at radius 2 is 2.27 bits per heavy atom. The Balaban J connectivity index is 1.99. The van der Waals surface area contributed by atoms with Crippen molar-refractivity contribution in [1.29, 1.82) is 0 Å². The lowest BCUT2D eigenvalue weighted by molar-refractivity contribution is 0.169. The van der Waals surface area contributed by atoms with Crippen molar-refractivity contribution < 1.29 is 9.84 Å². The Morgan fingerprint density at radius 1 is 1.45 bits per heavy atom. The molecule has 2 atom stereocenters. The van der Waals surface area contributed by atoms with E-state index >= 15 is 0 Å². The van der Waals surface area contributed by atoms with E-state index in [2.05, 4.69) is 0 Å². The molecule has 0 aromatic carbocycles. The highest BCUT2D eigenvalue weighted by Gasteiger charge is 2.21. The minimum Gasteiger partial charge on any atom is -0.393 e. The van der Waals surface area contributed by atoms with E-state index < -0.39 is 0 Å². The molecule has 2 nitrogen and oxygen atoms in total. The molecule has 0 aliphatic heterocycles. The molecule has 2 heteroatoms. The Hall–Kier alpha value is -0.0800. The van der Waals surface area contributed by atoms with Gasteiger partial charge < -0.3 is 9.84 Å². The van der Waals surface area contributed by atoms with Crippen LogP contribution in [0.4, 0.5) is 0 Å². The summed E-state index contributed by atoms with van der Waals surface area (Å²) in [7, 11) is 1.74. The van der Waals surface area contributed by atoms with E-state index in [1.54, 1.807) is 7.11 Å². The molecule has 1 N–H and O–H groups in total. The fourth-order valence-electron chi connectivity index (χ4n) is 1.83. The second kappa shape index (κ2) is 4.73. The van der Waals surface area contributed by atoms with Gasteiger partial charge in [0.1, 0.15) is 0 Å². The summed E-state index contributed by atoms with van der Waals surface area (Å²) in [5.41, 5.74) is 0. The fraction of sp³-hybridized carbons (Fsp3) is 1.00. The third kappa shape index (κ3) is 3.21. The number of rotatable bonds is 4. The minimum atomic E-state index is -0.0115. The van der Waals surface area contributed by atoms with Crippen LogP contribution in [0.3, 0.4) is 0 Å². The normalized spacial score (nSPS) is 31.1. The van der Waals surface area contributed by atoms with Crippen LogP contribution in [-0.2, 0) is 4.74 Å². The number of aliphatic hydroxyl groups excluding tert-OH is 1. The highest BCUT2D eigenvalue weighted by molar-refractivity contribution is 4.74. The van der Waals surface area contributed by atoms with Crippen molar-refractivity contribution in [3.8, 4) is 0 Å².